The average Bonchev–Trinajstić information content (AvgIpc) is 2.15. The Labute approximate surface area is 99.3 Å². The van der Waals surface area contributed by atoms with E-state index >= 15 is 0 Å². The molecule has 2 atom stereocenters. The lowest BCUT2D eigenvalue weighted by molar-refractivity contribution is -0.466. The van der Waals surface area contributed by atoms with Gasteiger partial charge in [-0.05, 0) is 0 Å². The van der Waals surface area contributed by atoms with Crippen LogP contribution in [0.5, 0.6) is 0 Å². The van der Waals surface area contributed by atoms with Gasteiger partial charge in [0.15, 0.2) is 0 Å². The Bertz CT molecular complexity index is 303. The summed E-state index contributed by atoms with van der Waals surface area (Å²) in [6.07, 6.45) is -9.63. The van der Waals surface area contributed by atoms with Crippen molar-refractivity contribution in [3.8, 4) is 0 Å². The van der Waals surface area contributed by atoms with Crippen LogP contribution in [0.2, 0.25) is 0 Å². The van der Waals surface area contributed by atoms with Crippen molar-refractivity contribution in [2.24, 2.45) is 0 Å². The standard InChI is InChI=1S/C9H12F6O3/c1-5-17-8(12,13)7(3,11)18-9(14,15)6(2,10)16-4/h5H,1H2,2-4H3. The highest BCUT2D eigenvalue weighted by Gasteiger charge is 2.65. The second kappa shape index (κ2) is 4.96. The van der Waals surface area contributed by atoms with Crippen LogP contribution in [0.1, 0.15) is 13.8 Å². The van der Waals surface area contributed by atoms with Crippen LogP contribution >= 0.6 is 0 Å². The fourth-order valence-corrected chi connectivity index (χ4v) is 0.720. The van der Waals surface area contributed by atoms with E-state index in [1.54, 1.807) is 0 Å². The van der Waals surface area contributed by atoms with Gasteiger partial charge in [0, 0.05) is 21.0 Å². The van der Waals surface area contributed by atoms with Crippen LogP contribution in [-0.2, 0) is 14.2 Å². The lowest BCUT2D eigenvalue weighted by Crippen LogP contribution is -2.55. The monoisotopic (exact) mass is 282 g/mol. The van der Waals surface area contributed by atoms with Gasteiger partial charge in [-0.15, -0.1) is 0 Å². The van der Waals surface area contributed by atoms with Gasteiger partial charge in [-0.25, -0.2) is 8.78 Å². The summed E-state index contributed by atoms with van der Waals surface area (Å²) in [5.41, 5.74) is 0. The number of rotatable bonds is 7. The third kappa shape index (κ3) is 3.29. The van der Waals surface area contributed by atoms with Gasteiger partial charge < -0.3 is 9.47 Å². The van der Waals surface area contributed by atoms with Gasteiger partial charge in [-0.2, -0.15) is 17.6 Å². The zero-order valence-corrected chi connectivity index (χ0v) is 9.78. The van der Waals surface area contributed by atoms with E-state index in [2.05, 4.69) is 20.8 Å². The van der Waals surface area contributed by atoms with Gasteiger partial charge in [0.25, 0.3) is 5.85 Å². The Morgan fingerprint density at radius 1 is 0.889 bits per heavy atom. The summed E-state index contributed by atoms with van der Waals surface area (Å²) < 4.78 is 88.9. The number of methoxy groups -OCH3 is 1. The van der Waals surface area contributed by atoms with Gasteiger partial charge >= 0.3 is 18.1 Å². The lowest BCUT2D eigenvalue weighted by atomic mass is 10.3. The minimum atomic E-state index is -4.97. The fraction of sp³-hybridized carbons (Fsp3) is 0.778. The van der Waals surface area contributed by atoms with Crippen molar-refractivity contribution < 1.29 is 40.6 Å². The number of alkyl halides is 6. The molecular formula is C9H12F6O3. The van der Waals surface area contributed by atoms with Crippen molar-refractivity contribution in [3.63, 3.8) is 0 Å². The molecule has 0 aromatic rings. The van der Waals surface area contributed by atoms with Crippen molar-refractivity contribution in [3.05, 3.63) is 12.8 Å². The number of hydrogen-bond donors (Lipinski definition) is 0. The van der Waals surface area contributed by atoms with Gasteiger partial charge in [-0.1, -0.05) is 6.58 Å². The van der Waals surface area contributed by atoms with Crippen molar-refractivity contribution in [2.75, 3.05) is 7.11 Å². The van der Waals surface area contributed by atoms with E-state index in [4.69, 9.17) is 0 Å². The summed E-state index contributed by atoms with van der Waals surface area (Å²) >= 11 is 0. The molecule has 0 radical (unpaired) electrons. The maximum absolute atomic E-state index is 13.4. The zero-order chi connectivity index (χ0) is 14.8. The normalized spacial score (nSPS) is 19.8. The van der Waals surface area contributed by atoms with Crippen molar-refractivity contribution in [1.82, 2.24) is 0 Å². The zero-order valence-electron chi connectivity index (χ0n) is 9.78. The summed E-state index contributed by atoms with van der Waals surface area (Å²) in [6, 6.07) is 0. The molecule has 0 aliphatic carbocycles. The Kier molecular flexibility index (Phi) is 4.70. The Hall–Kier alpha value is -0.960. The molecule has 0 saturated carbocycles. The molecule has 0 spiro atoms. The molecule has 108 valence electrons. The number of hydrogen-bond acceptors (Lipinski definition) is 3. The van der Waals surface area contributed by atoms with Crippen LogP contribution in [-0.4, -0.2) is 31.0 Å². The van der Waals surface area contributed by atoms with E-state index < -0.39 is 23.9 Å². The van der Waals surface area contributed by atoms with Gasteiger partial charge in [0.2, 0.25) is 0 Å². The highest BCUT2D eigenvalue weighted by atomic mass is 19.3. The molecule has 0 saturated heterocycles. The van der Waals surface area contributed by atoms with Crippen LogP contribution in [0.4, 0.5) is 26.3 Å². The number of ether oxygens (including phenoxy) is 3. The first-order valence-corrected chi connectivity index (χ1v) is 4.50. The van der Waals surface area contributed by atoms with Crippen LogP contribution in [0.15, 0.2) is 12.8 Å². The van der Waals surface area contributed by atoms with E-state index in [0.29, 0.717) is 7.11 Å². The van der Waals surface area contributed by atoms with Gasteiger partial charge in [-0.3, -0.25) is 4.74 Å². The molecule has 0 aliphatic rings. The topological polar surface area (TPSA) is 27.7 Å². The van der Waals surface area contributed by atoms with E-state index in [9.17, 15) is 26.3 Å². The molecule has 0 amide bonds. The minimum absolute atomic E-state index is 0.0455. The summed E-state index contributed by atoms with van der Waals surface area (Å²) in [7, 11) is 0.533. The molecule has 18 heavy (non-hydrogen) atoms. The van der Waals surface area contributed by atoms with Crippen LogP contribution in [0, 0.1) is 0 Å². The minimum Gasteiger partial charge on any atom is -0.437 e. The largest absolute Gasteiger partial charge is 0.458 e. The van der Waals surface area contributed by atoms with Crippen molar-refractivity contribution in [1.29, 1.82) is 0 Å². The summed E-state index contributed by atoms with van der Waals surface area (Å²) in [4.78, 5) is 0. The molecule has 0 aliphatic heterocycles. The first-order chi connectivity index (χ1) is 7.83. The lowest BCUT2D eigenvalue weighted by Gasteiger charge is -2.35. The fourth-order valence-electron chi connectivity index (χ4n) is 0.720. The van der Waals surface area contributed by atoms with E-state index in [1.807, 2.05) is 0 Å². The van der Waals surface area contributed by atoms with Crippen molar-refractivity contribution >= 4 is 0 Å². The van der Waals surface area contributed by atoms with Crippen molar-refractivity contribution in [2.45, 2.75) is 37.8 Å². The molecule has 0 aromatic heterocycles. The summed E-state index contributed by atoms with van der Waals surface area (Å²) in [5.74, 6) is -8.11. The molecule has 0 fully saturated rings. The maximum Gasteiger partial charge on any atom is 0.458 e. The molecule has 2 unspecified atom stereocenters. The number of halogens is 6. The molecule has 0 heterocycles. The Morgan fingerprint density at radius 2 is 1.33 bits per heavy atom. The Balaban J connectivity index is 5.13. The first-order valence-electron chi connectivity index (χ1n) is 4.50. The third-order valence-electron chi connectivity index (χ3n) is 1.97. The SMILES string of the molecule is C=COC(F)(F)C(C)(F)OC(F)(F)C(C)(F)OC. The second-order valence-electron chi connectivity index (χ2n) is 3.46. The summed E-state index contributed by atoms with van der Waals surface area (Å²) in [6.45, 7) is 2.85. The van der Waals surface area contributed by atoms with E-state index in [-0.39, 0.29) is 20.1 Å². The molecule has 0 aromatic carbocycles. The van der Waals surface area contributed by atoms with Crippen LogP contribution in [0.25, 0.3) is 0 Å². The van der Waals surface area contributed by atoms with Crippen LogP contribution < -0.4 is 0 Å². The molecule has 3 nitrogen and oxygen atoms in total. The van der Waals surface area contributed by atoms with Gasteiger partial charge in [0.1, 0.15) is 0 Å². The quantitative estimate of drug-likeness (QED) is 0.529. The average molecular weight is 282 g/mol. The van der Waals surface area contributed by atoms with E-state index in [0.717, 1.165) is 0 Å². The van der Waals surface area contributed by atoms with Gasteiger partial charge in [0.05, 0.1) is 6.26 Å². The smallest absolute Gasteiger partial charge is 0.437 e. The van der Waals surface area contributed by atoms with E-state index in [1.165, 1.54) is 0 Å². The third-order valence-corrected chi connectivity index (χ3v) is 1.97. The molecular weight excluding hydrogens is 270 g/mol. The molecule has 0 N–H and O–H groups in total. The molecule has 9 heteroatoms. The summed E-state index contributed by atoms with van der Waals surface area (Å²) in [5, 5.41) is 0. The predicted molar refractivity (Wildman–Crippen MR) is 48.3 cm³/mol. The molecule has 0 rings (SSSR count). The molecule has 0 bridgehead atoms. The highest BCUT2D eigenvalue weighted by molar-refractivity contribution is 4.81. The maximum atomic E-state index is 13.4. The Morgan fingerprint density at radius 3 is 1.67 bits per heavy atom. The first kappa shape index (κ1) is 17.0. The predicted octanol–water partition coefficient (Wildman–Crippen LogP) is 3.37. The second-order valence-corrected chi connectivity index (χ2v) is 3.46. The highest BCUT2D eigenvalue weighted by Crippen LogP contribution is 2.43. The van der Waals surface area contributed by atoms with Crippen LogP contribution in [0.3, 0.4) is 0 Å².